The van der Waals surface area contributed by atoms with Gasteiger partial charge in [0.05, 0.1) is 23.7 Å². The molecule has 1 aromatic heterocycles. The van der Waals surface area contributed by atoms with E-state index in [4.69, 9.17) is 10.5 Å². The number of anilines is 3. The van der Waals surface area contributed by atoms with Gasteiger partial charge in [-0.25, -0.2) is 0 Å². The fourth-order valence-corrected chi connectivity index (χ4v) is 1.80. The van der Waals surface area contributed by atoms with E-state index in [0.717, 1.165) is 22.9 Å². The van der Waals surface area contributed by atoms with Crippen molar-refractivity contribution in [2.75, 3.05) is 17.7 Å². The van der Waals surface area contributed by atoms with Crippen molar-refractivity contribution in [1.82, 2.24) is 9.78 Å². The Morgan fingerprint density at radius 1 is 1.39 bits per heavy atom. The molecule has 0 aliphatic carbocycles. The van der Waals surface area contributed by atoms with Crippen LogP contribution in [0.4, 0.5) is 17.2 Å². The number of nitrogens with zero attached hydrogens (tertiary/aromatic N) is 2. The molecule has 0 amide bonds. The number of hydrogen-bond donors (Lipinski definition) is 2. The average Bonchev–Trinajstić information content (AvgIpc) is 2.59. The Labute approximate surface area is 107 Å². The molecule has 0 atom stereocenters. The molecule has 0 aliphatic rings. The molecular formula is C13H18N4O. The van der Waals surface area contributed by atoms with Crippen LogP contribution in [0.5, 0.6) is 5.75 Å². The summed E-state index contributed by atoms with van der Waals surface area (Å²) in [5.41, 5.74) is 8.34. The van der Waals surface area contributed by atoms with Gasteiger partial charge in [-0.15, -0.1) is 0 Å². The zero-order chi connectivity index (χ0) is 13.1. The van der Waals surface area contributed by atoms with E-state index in [2.05, 4.69) is 10.4 Å². The molecule has 0 saturated carbocycles. The Kier molecular flexibility index (Phi) is 3.41. The van der Waals surface area contributed by atoms with Crippen LogP contribution in [0.15, 0.2) is 24.3 Å². The molecule has 96 valence electrons. The smallest absolute Gasteiger partial charge is 0.152 e. The monoisotopic (exact) mass is 246 g/mol. The van der Waals surface area contributed by atoms with E-state index >= 15 is 0 Å². The molecule has 0 unspecified atom stereocenters. The zero-order valence-corrected chi connectivity index (χ0v) is 10.9. The van der Waals surface area contributed by atoms with E-state index in [0.29, 0.717) is 12.3 Å². The maximum atomic E-state index is 5.99. The van der Waals surface area contributed by atoms with Gasteiger partial charge in [-0.3, -0.25) is 4.68 Å². The van der Waals surface area contributed by atoms with Crippen LogP contribution in [0.25, 0.3) is 0 Å². The maximum Gasteiger partial charge on any atom is 0.152 e. The van der Waals surface area contributed by atoms with Crippen LogP contribution >= 0.6 is 0 Å². The third-order valence-corrected chi connectivity index (χ3v) is 2.71. The van der Waals surface area contributed by atoms with Crippen LogP contribution in [0.2, 0.25) is 0 Å². The Morgan fingerprint density at radius 3 is 2.72 bits per heavy atom. The van der Waals surface area contributed by atoms with Gasteiger partial charge >= 0.3 is 0 Å². The summed E-state index contributed by atoms with van der Waals surface area (Å²) in [7, 11) is 1.86. The maximum absolute atomic E-state index is 5.99. The van der Waals surface area contributed by atoms with Crippen molar-refractivity contribution in [3.05, 3.63) is 30.0 Å². The summed E-state index contributed by atoms with van der Waals surface area (Å²) >= 11 is 0. The highest BCUT2D eigenvalue weighted by Crippen LogP contribution is 2.30. The third-order valence-electron chi connectivity index (χ3n) is 2.71. The normalized spacial score (nSPS) is 10.4. The van der Waals surface area contributed by atoms with Gasteiger partial charge in [0.2, 0.25) is 0 Å². The van der Waals surface area contributed by atoms with Gasteiger partial charge in [0.15, 0.2) is 5.82 Å². The summed E-state index contributed by atoms with van der Waals surface area (Å²) < 4.78 is 7.29. The van der Waals surface area contributed by atoms with Crippen molar-refractivity contribution in [3.8, 4) is 5.75 Å². The molecule has 0 spiro atoms. The number of aryl methyl sites for hydroxylation is 2. The lowest BCUT2D eigenvalue weighted by Crippen LogP contribution is -2.03. The Balaban J connectivity index is 2.34. The highest BCUT2D eigenvalue weighted by atomic mass is 16.5. The highest BCUT2D eigenvalue weighted by molar-refractivity contribution is 5.73. The molecular weight excluding hydrogens is 228 g/mol. The van der Waals surface area contributed by atoms with E-state index in [1.54, 1.807) is 4.68 Å². The van der Waals surface area contributed by atoms with Crippen LogP contribution < -0.4 is 15.8 Å². The van der Waals surface area contributed by atoms with Gasteiger partial charge in [0.1, 0.15) is 5.75 Å². The van der Waals surface area contributed by atoms with E-state index < -0.39 is 0 Å². The first-order valence-electron chi connectivity index (χ1n) is 5.91. The second-order valence-electron chi connectivity index (χ2n) is 4.03. The minimum atomic E-state index is 0.624. The number of nitrogens with one attached hydrogen (secondary N) is 1. The number of benzene rings is 1. The van der Waals surface area contributed by atoms with Crippen molar-refractivity contribution < 1.29 is 4.74 Å². The Bertz CT molecular complexity index is 548. The molecule has 0 fully saturated rings. The lowest BCUT2D eigenvalue weighted by Gasteiger charge is -2.12. The second-order valence-corrected chi connectivity index (χ2v) is 4.03. The van der Waals surface area contributed by atoms with Gasteiger partial charge in [0, 0.05) is 7.05 Å². The lowest BCUT2D eigenvalue weighted by atomic mass is 10.3. The molecule has 18 heavy (non-hydrogen) atoms. The molecule has 0 saturated heterocycles. The van der Waals surface area contributed by atoms with E-state index in [9.17, 15) is 0 Å². The average molecular weight is 246 g/mol. The van der Waals surface area contributed by atoms with E-state index in [-0.39, 0.29) is 0 Å². The SMILES string of the molecule is CCOc1ccccc1Nc1c(N)c(C)nn1C. The topological polar surface area (TPSA) is 65.1 Å². The standard InChI is InChI=1S/C13H18N4O/c1-4-18-11-8-6-5-7-10(11)15-13-12(14)9(2)16-17(13)3/h5-8,15H,4,14H2,1-3H3. The van der Waals surface area contributed by atoms with Gasteiger partial charge in [-0.1, -0.05) is 12.1 Å². The summed E-state index contributed by atoms with van der Waals surface area (Å²) in [5.74, 6) is 1.58. The molecule has 0 aliphatic heterocycles. The molecule has 1 aromatic carbocycles. The van der Waals surface area contributed by atoms with Gasteiger partial charge in [-0.05, 0) is 26.0 Å². The summed E-state index contributed by atoms with van der Waals surface area (Å²) in [6.45, 7) is 4.47. The van der Waals surface area contributed by atoms with Crippen LogP contribution in [-0.2, 0) is 7.05 Å². The summed E-state index contributed by atoms with van der Waals surface area (Å²) in [6, 6.07) is 7.76. The van der Waals surface area contributed by atoms with Crippen LogP contribution in [0.3, 0.4) is 0 Å². The number of ether oxygens (including phenoxy) is 1. The molecule has 3 N–H and O–H groups in total. The first-order chi connectivity index (χ1) is 8.63. The van der Waals surface area contributed by atoms with E-state index in [1.807, 2.05) is 45.2 Å². The molecule has 0 radical (unpaired) electrons. The second kappa shape index (κ2) is 5.00. The number of para-hydroxylation sites is 2. The van der Waals surface area contributed by atoms with Crippen LogP contribution in [0.1, 0.15) is 12.6 Å². The summed E-state index contributed by atoms with van der Waals surface area (Å²) in [4.78, 5) is 0. The van der Waals surface area contributed by atoms with Crippen LogP contribution in [0, 0.1) is 6.92 Å². The fraction of sp³-hybridized carbons (Fsp3) is 0.308. The van der Waals surface area contributed by atoms with Crippen molar-refractivity contribution >= 4 is 17.2 Å². The molecule has 1 heterocycles. The Hall–Kier alpha value is -2.17. The largest absolute Gasteiger partial charge is 0.492 e. The van der Waals surface area contributed by atoms with Crippen LogP contribution in [-0.4, -0.2) is 16.4 Å². The zero-order valence-electron chi connectivity index (χ0n) is 10.9. The van der Waals surface area contributed by atoms with Gasteiger partial charge in [0.25, 0.3) is 0 Å². The van der Waals surface area contributed by atoms with Crippen molar-refractivity contribution in [1.29, 1.82) is 0 Å². The molecule has 2 aromatic rings. The minimum absolute atomic E-state index is 0.624. The summed E-state index contributed by atoms with van der Waals surface area (Å²) in [6.07, 6.45) is 0. The van der Waals surface area contributed by atoms with Crippen molar-refractivity contribution in [2.45, 2.75) is 13.8 Å². The number of rotatable bonds is 4. The van der Waals surface area contributed by atoms with E-state index in [1.165, 1.54) is 0 Å². The fourth-order valence-electron chi connectivity index (χ4n) is 1.80. The quantitative estimate of drug-likeness (QED) is 0.869. The molecule has 2 rings (SSSR count). The minimum Gasteiger partial charge on any atom is -0.492 e. The van der Waals surface area contributed by atoms with Gasteiger partial charge < -0.3 is 15.8 Å². The number of aromatic nitrogens is 2. The van der Waals surface area contributed by atoms with Gasteiger partial charge in [-0.2, -0.15) is 5.10 Å². The Morgan fingerprint density at radius 2 is 2.11 bits per heavy atom. The number of nitrogen functional groups attached to an aromatic ring is 1. The molecule has 0 bridgehead atoms. The first-order valence-corrected chi connectivity index (χ1v) is 5.91. The first kappa shape index (κ1) is 12.3. The van der Waals surface area contributed by atoms with Crippen molar-refractivity contribution in [2.24, 2.45) is 7.05 Å². The molecule has 5 nitrogen and oxygen atoms in total. The number of nitrogens with two attached hydrogens (primary N) is 1. The summed E-state index contributed by atoms with van der Waals surface area (Å²) in [5, 5.41) is 7.54. The predicted octanol–water partition coefficient (Wildman–Crippen LogP) is 2.45. The third kappa shape index (κ3) is 2.25. The lowest BCUT2D eigenvalue weighted by molar-refractivity contribution is 0.342. The molecule has 5 heteroatoms. The number of hydrogen-bond acceptors (Lipinski definition) is 4. The highest BCUT2D eigenvalue weighted by Gasteiger charge is 2.11. The predicted molar refractivity (Wildman–Crippen MR) is 73.3 cm³/mol. The van der Waals surface area contributed by atoms with Crippen molar-refractivity contribution in [3.63, 3.8) is 0 Å².